The highest BCUT2D eigenvalue weighted by atomic mass is 19.1. The van der Waals surface area contributed by atoms with Gasteiger partial charge in [0, 0.05) is 41.6 Å². The van der Waals surface area contributed by atoms with Crippen molar-refractivity contribution in [1.82, 2.24) is 14.5 Å². The molecule has 0 aliphatic heterocycles. The van der Waals surface area contributed by atoms with Crippen LogP contribution in [0.15, 0.2) is 83.9 Å². The lowest BCUT2D eigenvalue weighted by molar-refractivity contribution is 0.102. The van der Waals surface area contributed by atoms with Crippen LogP contribution in [0.5, 0.6) is 11.5 Å². The summed E-state index contributed by atoms with van der Waals surface area (Å²) in [6.45, 7) is 3.36. The number of nitrogens with zero attached hydrogens (tertiary/aromatic N) is 3. The molecule has 184 valence electrons. The first-order chi connectivity index (χ1) is 17.8. The highest BCUT2D eigenvalue weighted by Gasteiger charge is 2.19. The first-order valence-corrected chi connectivity index (χ1v) is 11.3. The van der Waals surface area contributed by atoms with Crippen molar-refractivity contribution >= 4 is 22.6 Å². The summed E-state index contributed by atoms with van der Waals surface area (Å²) in [7, 11) is 0. The van der Waals surface area contributed by atoms with Crippen molar-refractivity contribution in [3.05, 3.63) is 118 Å². The van der Waals surface area contributed by atoms with Crippen molar-refractivity contribution in [2.75, 3.05) is 5.32 Å². The maximum absolute atomic E-state index is 14.9. The van der Waals surface area contributed by atoms with Crippen LogP contribution in [0.2, 0.25) is 0 Å². The lowest BCUT2D eigenvalue weighted by Gasteiger charge is -2.15. The van der Waals surface area contributed by atoms with E-state index in [2.05, 4.69) is 15.3 Å². The molecule has 0 aliphatic rings. The van der Waals surface area contributed by atoms with E-state index in [0.717, 1.165) is 6.07 Å². The molecule has 0 atom stereocenters. The number of benzene rings is 2. The van der Waals surface area contributed by atoms with Gasteiger partial charge < -0.3 is 10.1 Å². The fourth-order valence-electron chi connectivity index (χ4n) is 4.09. The second kappa shape index (κ2) is 9.62. The van der Waals surface area contributed by atoms with Crippen molar-refractivity contribution in [1.29, 1.82) is 0 Å². The van der Waals surface area contributed by atoms with E-state index in [1.807, 2.05) is 0 Å². The molecule has 0 aliphatic carbocycles. The third kappa shape index (κ3) is 4.66. The first kappa shape index (κ1) is 23.8. The number of hydrogen-bond donors (Lipinski definition) is 1. The van der Waals surface area contributed by atoms with Gasteiger partial charge in [-0.25, -0.2) is 8.78 Å². The lowest BCUT2D eigenvalue weighted by atomic mass is 10.1. The first-order valence-electron chi connectivity index (χ1n) is 11.3. The zero-order valence-electron chi connectivity index (χ0n) is 19.8. The normalized spacial score (nSPS) is 10.9. The van der Waals surface area contributed by atoms with Crippen LogP contribution in [0.4, 0.5) is 14.5 Å². The number of halogens is 2. The Labute approximate surface area is 210 Å². The zero-order valence-corrected chi connectivity index (χ0v) is 19.8. The average molecular weight is 498 g/mol. The molecule has 5 rings (SSSR count). The number of amides is 1. The molecule has 0 unspecified atom stereocenters. The van der Waals surface area contributed by atoms with Crippen LogP contribution in [-0.4, -0.2) is 20.4 Å². The molecular formula is C28H20F2N4O3. The van der Waals surface area contributed by atoms with Crippen LogP contribution in [-0.2, 0) is 0 Å². The van der Waals surface area contributed by atoms with E-state index in [1.165, 1.54) is 47.2 Å². The number of carbonyl (C=O) groups is 1. The van der Waals surface area contributed by atoms with E-state index < -0.39 is 23.1 Å². The van der Waals surface area contributed by atoms with Crippen molar-refractivity contribution in [3.8, 4) is 17.2 Å². The number of hydrogen-bond acceptors (Lipinski definition) is 5. The SMILES string of the molecule is Cc1cc(C)n(-c2ccc(F)cc2)c(=O)c1C(=O)Nc1ccc(Oc2ccnc3cccnc23)c(F)c1. The minimum atomic E-state index is -0.719. The maximum atomic E-state index is 14.9. The minimum Gasteiger partial charge on any atom is -0.452 e. The third-order valence-corrected chi connectivity index (χ3v) is 5.77. The van der Waals surface area contributed by atoms with Gasteiger partial charge >= 0.3 is 0 Å². The topological polar surface area (TPSA) is 86.1 Å². The minimum absolute atomic E-state index is 0.0682. The van der Waals surface area contributed by atoms with Gasteiger partial charge in [-0.3, -0.25) is 24.1 Å². The maximum Gasteiger partial charge on any atom is 0.268 e. The fraction of sp³-hybridized carbons (Fsp3) is 0.0714. The monoisotopic (exact) mass is 498 g/mol. The van der Waals surface area contributed by atoms with Crippen LogP contribution >= 0.6 is 0 Å². The summed E-state index contributed by atoms with van der Waals surface area (Å²) in [6, 6.07) is 16.1. The molecule has 0 spiro atoms. The van der Waals surface area contributed by atoms with Gasteiger partial charge in [-0.1, -0.05) is 0 Å². The van der Waals surface area contributed by atoms with Gasteiger partial charge in [0.15, 0.2) is 17.3 Å². The zero-order chi connectivity index (χ0) is 26.1. The summed E-state index contributed by atoms with van der Waals surface area (Å²) < 4.78 is 35.3. The highest BCUT2D eigenvalue weighted by molar-refractivity contribution is 6.05. The van der Waals surface area contributed by atoms with Gasteiger partial charge in [-0.05, 0) is 74.0 Å². The lowest BCUT2D eigenvalue weighted by Crippen LogP contribution is -2.31. The van der Waals surface area contributed by atoms with Gasteiger partial charge in [-0.15, -0.1) is 0 Å². The van der Waals surface area contributed by atoms with Crippen molar-refractivity contribution in [2.24, 2.45) is 0 Å². The number of fused-ring (bicyclic) bond motifs is 1. The van der Waals surface area contributed by atoms with E-state index in [-0.39, 0.29) is 17.0 Å². The number of rotatable bonds is 5. The summed E-state index contributed by atoms with van der Waals surface area (Å²) >= 11 is 0. The van der Waals surface area contributed by atoms with E-state index in [4.69, 9.17) is 4.74 Å². The molecule has 7 nitrogen and oxygen atoms in total. The molecule has 5 aromatic rings. The van der Waals surface area contributed by atoms with Gasteiger partial charge in [0.2, 0.25) is 0 Å². The van der Waals surface area contributed by atoms with Crippen LogP contribution in [0.25, 0.3) is 16.7 Å². The standard InChI is InChI=1S/C28H20F2N4O3/c1-16-14-17(2)34(20-8-5-18(29)6-9-20)28(36)25(16)27(35)33-19-7-10-23(21(30)15-19)37-24-11-13-31-22-4-3-12-32-26(22)24/h3-15H,1-2H3,(H,33,35). The van der Waals surface area contributed by atoms with Gasteiger partial charge in [0.05, 0.1) is 5.52 Å². The van der Waals surface area contributed by atoms with Crippen LogP contribution in [0, 0.1) is 25.5 Å². The highest BCUT2D eigenvalue weighted by Crippen LogP contribution is 2.30. The van der Waals surface area contributed by atoms with Crippen LogP contribution in [0.1, 0.15) is 21.6 Å². The summed E-state index contributed by atoms with van der Waals surface area (Å²) in [5, 5.41) is 2.58. The van der Waals surface area contributed by atoms with E-state index in [1.54, 1.807) is 44.3 Å². The number of anilines is 1. The van der Waals surface area contributed by atoms with Crippen LogP contribution in [0.3, 0.4) is 0 Å². The molecule has 3 aromatic heterocycles. The van der Waals surface area contributed by atoms with Gasteiger partial charge in [0.25, 0.3) is 11.5 Å². The summed E-state index contributed by atoms with van der Waals surface area (Å²) in [6.07, 6.45) is 3.12. The molecule has 1 N–H and O–H groups in total. The predicted molar refractivity (Wildman–Crippen MR) is 135 cm³/mol. The van der Waals surface area contributed by atoms with Gasteiger partial charge in [-0.2, -0.15) is 0 Å². The van der Waals surface area contributed by atoms with Gasteiger partial charge in [0.1, 0.15) is 16.9 Å². The Morgan fingerprint density at radius 1 is 0.919 bits per heavy atom. The Bertz CT molecular complexity index is 1710. The largest absolute Gasteiger partial charge is 0.452 e. The predicted octanol–water partition coefficient (Wildman–Crippen LogP) is 5.72. The second-order valence-corrected chi connectivity index (χ2v) is 8.34. The number of aryl methyl sites for hydroxylation is 2. The molecule has 3 heterocycles. The number of ether oxygens (including phenoxy) is 1. The molecule has 0 bridgehead atoms. The Balaban J connectivity index is 1.42. The van der Waals surface area contributed by atoms with Crippen molar-refractivity contribution in [3.63, 3.8) is 0 Å². The third-order valence-electron chi connectivity index (χ3n) is 5.77. The van der Waals surface area contributed by atoms with Crippen molar-refractivity contribution in [2.45, 2.75) is 13.8 Å². The molecule has 37 heavy (non-hydrogen) atoms. The number of carbonyl (C=O) groups excluding carboxylic acids is 1. The Kier molecular flexibility index (Phi) is 6.19. The van der Waals surface area contributed by atoms with E-state index >= 15 is 0 Å². The molecule has 0 saturated carbocycles. The number of aromatic nitrogens is 3. The smallest absolute Gasteiger partial charge is 0.268 e. The molecule has 2 aromatic carbocycles. The molecule has 0 radical (unpaired) electrons. The molecule has 0 saturated heterocycles. The van der Waals surface area contributed by atoms with Crippen LogP contribution < -0.4 is 15.6 Å². The summed E-state index contributed by atoms with van der Waals surface area (Å²) in [5.74, 6) is -1.60. The molecular weight excluding hydrogens is 478 g/mol. The Hall–Kier alpha value is -4.92. The Morgan fingerprint density at radius 3 is 2.46 bits per heavy atom. The number of pyridine rings is 3. The summed E-state index contributed by atoms with van der Waals surface area (Å²) in [5.41, 5.74) is 2.00. The molecule has 1 amide bonds. The van der Waals surface area contributed by atoms with E-state index in [9.17, 15) is 18.4 Å². The van der Waals surface area contributed by atoms with E-state index in [0.29, 0.717) is 33.7 Å². The molecule has 0 fully saturated rings. The second-order valence-electron chi connectivity index (χ2n) is 8.34. The fourth-order valence-corrected chi connectivity index (χ4v) is 4.09. The quantitative estimate of drug-likeness (QED) is 0.335. The summed E-state index contributed by atoms with van der Waals surface area (Å²) in [4.78, 5) is 34.8. The molecule has 9 heteroatoms. The average Bonchev–Trinajstić information content (AvgIpc) is 2.86. The Morgan fingerprint density at radius 2 is 1.70 bits per heavy atom. The number of nitrogens with one attached hydrogen (secondary N) is 1. The van der Waals surface area contributed by atoms with Crippen molar-refractivity contribution < 1.29 is 18.3 Å².